The number of carbonyl (C=O) groups excluding carboxylic acids is 1. The number of hydrogen-bond acceptors (Lipinski definition) is 7. The summed E-state index contributed by atoms with van der Waals surface area (Å²) >= 11 is 0. The molecule has 0 fully saturated rings. The van der Waals surface area contributed by atoms with Crippen LogP contribution in [0.1, 0.15) is 61.7 Å². The molecule has 11 heteroatoms. The summed E-state index contributed by atoms with van der Waals surface area (Å²) in [5.74, 6) is -1.01. The van der Waals surface area contributed by atoms with Gasteiger partial charge < -0.3 is 19.1 Å². The number of nitrogens with zero attached hydrogens (tertiary/aromatic N) is 2. The summed E-state index contributed by atoms with van der Waals surface area (Å²) in [6.07, 6.45) is 0. The van der Waals surface area contributed by atoms with Crippen molar-refractivity contribution < 1.29 is 28.3 Å². The first-order chi connectivity index (χ1) is 16.4. The maximum Gasteiger partial charge on any atom is 0.311 e. The average molecular weight is 568 g/mol. The molecule has 0 bridgehead atoms. The molecule has 0 saturated carbocycles. The van der Waals surface area contributed by atoms with E-state index in [1.807, 2.05) is 20.8 Å². The van der Waals surface area contributed by atoms with E-state index in [0.29, 0.717) is 17.7 Å². The largest absolute Gasteiger partial charge is 0.490 e. The summed E-state index contributed by atoms with van der Waals surface area (Å²) in [5.41, 5.74) is 0.362. The standard InChI is InChI=1S/C25H30FN3O6.BrH/c1-7-34-19-11-15-12-28(24(27)20(15)21(26)23(19)35-8-2)13-18(30)14-9-16(25(3,4)5)22(33-6)17(10-14)29(31)32;/h9-11,27H,7-8,12-13H2,1-6H3;1H. The number of hydrogen-bond donors (Lipinski definition) is 1. The highest BCUT2D eigenvalue weighted by molar-refractivity contribution is 8.93. The number of nitro benzene ring substituents is 1. The van der Waals surface area contributed by atoms with Crippen molar-refractivity contribution in [3.8, 4) is 17.2 Å². The number of methoxy groups -OCH3 is 1. The van der Waals surface area contributed by atoms with Gasteiger partial charge in [0.05, 0.1) is 37.4 Å². The molecule has 0 atom stereocenters. The van der Waals surface area contributed by atoms with Crippen molar-refractivity contribution in [2.45, 2.75) is 46.6 Å². The van der Waals surface area contributed by atoms with Gasteiger partial charge in [-0.25, -0.2) is 4.39 Å². The van der Waals surface area contributed by atoms with Crippen molar-refractivity contribution in [2.75, 3.05) is 26.9 Å². The molecular formula is C25H31BrFN3O6. The molecule has 1 aliphatic heterocycles. The molecule has 196 valence electrons. The molecule has 1 aliphatic rings. The van der Waals surface area contributed by atoms with Gasteiger partial charge in [0, 0.05) is 23.7 Å². The van der Waals surface area contributed by atoms with E-state index in [0.717, 1.165) is 0 Å². The summed E-state index contributed by atoms with van der Waals surface area (Å²) in [4.78, 5) is 25.8. The Kier molecular flexibility index (Phi) is 9.06. The van der Waals surface area contributed by atoms with Crippen LogP contribution in [-0.2, 0) is 12.0 Å². The highest BCUT2D eigenvalue weighted by Gasteiger charge is 2.34. The zero-order valence-electron chi connectivity index (χ0n) is 21.2. The Balaban J connectivity index is 0.00000456. The summed E-state index contributed by atoms with van der Waals surface area (Å²) in [7, 11) is 1.35. The van der Waals surface area contributed by atoms with Gasteiger partial charge in [-0.3, -0.25) is 20.3 Å². The Morgan fingerprint density at radius 1 is 1.17 bits per heavy atom. The first-order valence-electron chi connectivity index (χ1n) is 11.3. The molecule has 3 rings (SSSR count). The molecule has 2 aromatic carbocycles. The van der Waals surface area contributed by atoms with Crippen molar-refractivity contribution in [3.63, 3.8) is 0 Å². The zero-order valence-corrected chi connectivity index (χ0v) is 22.9. The molecule has 2 aromatic rings. The fraction of sp³-hybridized carbons (Fsp3) is 0.440. The summed E-state index contributed by atoms with van der Waals surface area (Å²) in [6, 6.07) is 4.40. The number of ketones is 1. The predicted molar refractivity (Wildman–Crippen MR) is 139 cm³/mol. The highest BCUT2D eigenvalue weighted by Crippen LogP contribution is 2.41. The number of carbonyl (C=O) groups is 1. The van der Waals surface area contributed by atoms with Gasteiger partial charge in [0.15, 0.2) is 23.1 Å². The number of amidine groups is 1. The second kappa shape index (κ2) is 11.2. The number of benzene rings is 2. The number of rotatable bonds is 9. The van der Waals surface area contributed by atoms with Gasteiger partial charge in [0.2, 0.25) is 5.75 Å². The molecule has 0 aromatic heterocycles. The fourth-order valence-corrected chi connectivity index (χ4v) is 4.11. The van der Waals surface area contributed by atoms with Crippen LogP contribution in [0.5, 0.6) is 17.2 Å². The lowest BCUT2D eigenvalue weighted by atomic mass is 9.84. The zero-order chi connectivity index (χ0) is 26.1. The molecule has 1 heterocycles. The Labute approximate surface area is 220 Å². The minimum Gasteiger partial charge on any atom is -0.490 e. The summed E-state index contributed by atoms with van der Waals surface area (Å²) in [6.45, 7) is 9.48. The molecule has 0 aliphatic carbocycles. The Morgan fingerprint density at radius 2 is 1.81 bits per heavy atom. The van der Waals surface area contributed by atoms with E-state index >= 15 is 4.39 Å². The Hall–Kier alpha value is -3.21. The average Bonchev–Trinajstić information content (AvgIpc) is 3.09. The Bertz CT molecular complexity index is 1200. The van der Waals surface area contributed by atoms with E-state index in [1.165, 1.54) is 18.1 Å². The quantitative estimate of drug-likeness (QED) is 0.243. The first-order valence-corrected chi connectivity index (χ1v) is 11.3. The summed E-state index contributed by atoms with van der Waals surface area (Å²) < 4.78 is 31.5. The van der Waals surface area contributed by atoms with Gasteiger partial charge in [-0.05, 0) is 37.0 Å². The van der Waals surface area contributed by atoms with E-state index in [1.54, 1.807) is 26.0 Å². The van der Waals surface area contributed by atoms with Crippen LogP contribution >= 0.6 is 17.0 Å². The van der Waals surface area contributed by atoms with E-state index in [4.69, 9.17) is 19.6 Å². The van der Waals surface area contributed by atoms with E-state index < -0.39 is 21.9 Å². The van der Waals surface area contributed by atoms with Gasteiger partial charge >= 0.3 is 5.69 Å². The van der Waals surface area contributed by atoms with E-state index in [-0.39, 0.29) is 76.6 Å². The number of halogens is 2. The van der Waals surface area contributed by atoms with Crippen LogP contribution in [0, 0.1) is 21.3 Å². The third-order valence-corrected chi connectivity index (χ3v) is 5.71. The number of ether oxygens (including phenoxy) is 3. The van der Waals surface area contributed by atoms with Crippen LogP contribution in [0.2, 0.25) is 0 Å². The normalized spacial score (nSPS) is 12.6. The number of nitrogens with one attached hydrogen (secondary N) is 1. The van der Waals surface area contributed by atoms with Gasteiger partial charge in [-0.15, -0.1) is 17.0 Å². The lowest BCUT2D eigenvalue weighted by Crippen LogP contribution is -2.30. The maximum absolute atomic E-state index is 15.3. The molecule has 1 N–H and O–H groups in total. The van der Waals surface area contributed by atoms with Gasteiger partial charge in [-0.1, -0.05) is 20.8 Å². The Morgan fingerprint density at radius 3 is 2.33 bits per heavy atom. The monoisotopic (exact) mass is 567 g/mol. The lowest BCUT2D eigenvalue weighted by Gasteiger charge is -2.23. The van der Waals surface area contributed by atoms with Crippen LogP contribution in [-0.4, -0.2) is 48.3 Å². The molecule has 0 unspecified atom stereocenters. The molecule has 0 amide bonds. The first kappa shape index (κ1) is 29.0. The highest BCUT2D eigenvalue weighted by atomic mass is 79.9. The van der Waals surface area contributed by atoms with Crippen molar-refractivity contribution in [3.05, 3.63) is 56.4 Å². The number of Topliss-reactive ketones (excluding diaryl/α,β-unsaturated/α-hetero) is 1. The van der Waals surface area contributed by atoms with Crippen LogP contribution in [0.3, 0.4) is 0 Å². The molecular weight excluding hydrogens is 537 g/mol. The van der Waals surface area contributed by atoms with Crippen LogP contribution < -0.4 is 14.2 Å². The van der Waals surface area contributed by atoms with Crippen LogP contribution in [0.4, 0.5) is 10.1 Å². The number of nitro groups is 1. The second-order valence-corrected chi connectivity index (χ2v) is 9.13. The molecule has 0 spiro atoms. The third-order valence-electron chi connectivity index (χ3n) is 5.71. The minimum absolute atomic E-state index is 0. The number of fused-ring (bicyclic) bond motifs is 1. The van der Waals surface area contributed by atoms with Crippen molar-refractivity contribution in [1.29, 1.82) is 5.41 Å². The summed E-state index contributed by atoms with van der Waals surface area (Å²) in [5, 5.41) is 20.2. The van der Waals surface area contributed by atoms with Crippen LogP contribution in [0.25, 0.3) is 0 Å². The van der Waals surface area contributed by atoms with E-state index in [9.17, 15) is 14.9 Å². The maximum atomic E-state index is 15.3. The molecule has 0 radical (unpaired) electrons. The minimum atomic E-state index is -0.706. The smallest absolute Gasteiger partial charge is 0.311 e. The lowest BCUT2D eigenvalue weighted by molar-refractivity contribution is -0.385. The van der Waals surface area contributed by atoms with Crippen molar-refractivity contribution in [1.82, 2.24) is 4.90 Å². The molecule has 9 nitrogen and oxygen atoms in total. The third kappa shape index (κ3) is 5.45. The topological polar surface area (TPSA) is 115 Å². The van der Waals surface area contributed by atoms with E-state index in [2.05, 4.69) is 0 Å². The predicted octanol–water partition coefficient (Wildman–Crippen LogP) is 5.44. The van der Waals surface area contributed by atoms with Gasteiger partial charge in [0.25, 0.3) is 0 Å². The van der Waals surface area contributed by atoms with Gasteiger partial charge in [0.1, 0.15) is 5.84 Å². The van der Waals surface area contributed by atoms with Crippen molar-refractivity contribution in [2.24, 2.45) is 0 Å². The molecule has 0 saturated heterocycles. The SMILES string of the molecule is Br.CCOc1cc2c(c(F)c1OCC)C(=N)N(CC(=O)c1cc([N+](=O)[O-])c(OC)c(C(C)(C)C)c1)C2. The second-order valence-electron chi connectivity index (χ2n) is 9.13. The van der Waals surface area contributed by atoms with Crippen molar-refractivity contribution >= 4 is 34.3 Å². The fourth-order valence-electron chi connectivity index (χ4n) is 4.11. The molecule has 36 heavy (non-hydrogen) atoms. The van der Waals surface area contributed by atoms with Gasteiger partial charge in [-0.2, -0.15) is 0 Å². The van der Waals surface area contributed by atoms with Crippen LogP contribution in [0.15, 0.2) is 18.2 Å².